The van der Waals surface area contributed by atoms with Crippen molar-refractivity contribution in [3.63, 3.8) is 0 Å². The molecule has 0 unspecified atom stereocenters. The highest BCUT2D eigenvalue weighted by atomic mass is 32.2. The quantitative estimate of drug-likeness (QED) is 0.486. The molecule has 0 atom stereocenters. The van der Waals surface area contributed by atoms with Gasteiger partial charge in [0.1, 0.15) is 0 Å². The molecule has 4 rings (SSSR count). The Kier molecular flexibility index (Phi) is 5.00. The lowest BCUT2D eigenvalue weighted by Gasteiger charge is -2.06. The summed E-state index contributed by atoms with van der Waals surface area (Å²) in [4.78, 5) is 17.8. The summed E-state index contributed by atoms with van der Waals surface area (Å²) >= 11 is 4.48. The van der Waals surface area contributed by atoms with Crippen molar-refractivity contribution in [1.82, 2.24) is 19.7 Å². The lowest BCUT2D eigenvalue weighted by atomic mass is 10.3. The summed E-state index contributed by atoms with van der Waals surface area (Å²) in [5.74, 6) is 1.01. The van der Waals surface area contributed by atoms with Crippen molar-refractivity contribution in [2.75, 3.05) is 11.1 Å². The highest BCUT2D eigenvalue weighted by Crippen LogP contribution is 2.28. The maximum absolute atomic E-state index is 12.3. The minimum absolute atomic E-state index is 0.0996. The van der Waals surface area contributed by atoms with Gasteiger partial charge in [0.2, 0.25) is 5.91 Å². The SMILES string of the molecule is CCn1c(SCC(=O)Nc2nc3ccccc3s2)nnc1-c1cccs1. The van der Waals surface area contributed by atoms with Crippen LogP contribution in [0.25, 0.3) is 20.9 Å². The van der Waals surface area contributed by atoms with Gasteiger partial charge in [0.05, 0.1) is 20.8 Å². The zero-order chi connectivity index (χ0) is 17.9. The number of rotatable bonds is 6. The van der Waals surface area contributed by atoms with E-state index in [9.17, 15) is 4.79 Å². The number of hydrogen-bond acceptors (Lipinski definition) is 7. The summed E-state index contributed by atoms with van der Waals surface area (Å²) in [7, 11) is 0. The van der Waals surface area contributed by atoms with Gasteiger partial charge in [-0.25, -0.2) is 4.98 Å². The van der Waals surface area contributed by atoms with E-state index in [0.29, 0.717) is 5.13 Å². The maximum atomic E-state index is 12.3. The number of thioether (sulfide) groups is 1. The van der Waals surface area contributed by atoms with Crippen molar-refractivity contribution in [2.24, 2.45) is 0 Å². The van der Waals surface area contributed by atoms with Crippen LogP contribution < -0.4 is 5.32 Å². The summed E-state index contributed by atoms with van der Waals surface area (Å²) in [5, 5.41) is 14.8. The normalized spacial score (nSPS) is 11.1. The highest BCUT2D eigenvalue weighted by molar-refractivity contribution is 7.99. The second-order valence-electron chi connectivity index (χ2n) is 5.35. The molecule has 1 aromatic carbocycles. The molecule has 0 saturated carbocycles. The number of nitrogens with zero attached hydrogens (tertiary/aromatic N) is 4. The van der Waals surface area contributed by atoms with Crippen molar-refractivity contribution < 1.29 is 4.79 Å². The molecule has 9 heteroatoms. The van der Waals surface area contributed by atoms with Gasteiger partial charge in [0.25, 0.3) is 0 Å². The number of carbonyl (C=O) groups excluding carboxylic acids is 1. The maximum Gasteiger partial charge on any atom is 0.236 e. The number of benzene rings is 1. The van der Waals surface area contributed by atoms with Crippen LogP contribution in [0.3, 0.4) is 0 Å². The van der Waals surface area contributed by atoms with Crippen molar-refractivity contribution in [3.8, 4) is 10.7 Å². The van der Waals surface area contributed by atoms with Crippen LogP contribution >= 0.6 is 34.4 Å². The van der Waals surface area contributed by atoms with Gasteiger partial charge in [0.15, 0.2) is 16.1 Å². The Hall–Kier alpha value is -2.23. The molecule has 0 spiro atoms. The molecule has 26 heavy (non-hydrogen) atoms. The molecule has 0 aliphatic heterocycles. The number of aromatic nitrogens is 4. The first kappa shape index (κ1) is 17.2. The van der Waals surface area contributed by atoms with Crippen molar-refractivity contribution in [3.05, 3.63) is 41.8 Å². The number of fused-ring (bicyclic) bond motifs is 1. The number of hydrogen-bond donors (Lipinski definition) is 1. The first-order valence-corrected chi connectivity index (χ1v) is 10.7. The molecule has 1 N–H and O–H groups in total. The monoisotopic (exact) mass is 401 g/mol. The van der Waals surface area contributed by atoms with Gasteiger partial charge in [0, 0.05) is 6.54 Å². The summed E-state index contributed by atoms with van der Waals surface area (Å²) < 4.78 is 3.09. The lowest BCUT2D eigenvalue weighted by molar-refractivity contribution is -0.113. The van der Waals surface area contributed by atoms with Gasteiger partial charge in [-0.2, -0.15) is 0 Å². The molecule has 132 valence electrons. The van der Waals surface area contributed by atoms with Crippen molar-refractivity contribution >= 4 is 55.7 Å². The average molecular weight is 402 g/mol. The molecular formula is C17H15N5OS3. The van der Waals surface area contributed by atoms with E-state index in [2.05, 4.69) is 20.5 Å². The third-order valence-electron chi connectivity index (χ3n) is 3.65. The fourth-order valence-electron chi connectivity index (χ4n) is 2.48. The highest BCUT2D eigenvalue weighted by Gasteiger charge is 2.15. The van der Waals surface area contributed by atoms with E-state index in [1.165, 1.54) is 23.1 Å². The largest absolute Gasteiger partial charge is 0.302 e. The summed E-state index contributed by atoms with van der Waals surface area (Å²) in [6.45, 7) is 2.80. The first-order valence-electron chi connectivity index (χ1n) is 8.00. The van der Waals surface area contributed by atoms with E-state index in [-0.39, 0.29) is 11.7 Å². The molecule has 3 heterocycles. The topological polar surface area (TPSA) is 72.7 Å². The molecule has 4 aromatic rings. The Balaban J connectivity index is 1.43. The van der Waals surface area contributed by atoms with E-state index >= 15 is 0 Å². The van der Waals surface area contributed by atoms with Gasteiger partial charge in [-0.1, -0.05) is 41.3 Å². The fraction of sp³-hybridized carbons (Fsp3) is 0.176. The molecule has 0 radical (unpaired) electrons. The summed E-state index contributed by atoms with van der Waals surface area (Å²) in [6, 6.07) is 11.8. The predicted octanol–water partition coefficient (Wildman–Crippen LogP) is 4.37. The van der Waals surface area contributed by atoms with E-state index in [1.54, 1.807) is 11.3 Å². The predicted molar refractivity (Wildman–Crippen MR) is 108 cm³/mol. The zero-order valence-electron chi connectivity index (χ0n) is 13.9. The first-order chi connectivity index (χ1) is 12.7. The smallest absolute Gasteiger partial charge is 0.236 e. The third kappa shape index (κ3) is 3.50. The number of para-hydroxylation sites is 1. The second kappa shape index (κ2) is 7.56. The fourth-order valence-corrected chi connectivity index (χ4v) is 4.88. The molecule has 0 bridgehead atoms. The Morgan fingerprint density at radius 1 is 1.23 bits per heavy atom. The van der Waals surface area contributed by atoms with Crippen LogP contribution in [-0.2, 0) is 11.3 Å². The Labute approximate surface area is 162 Å². The number of carbonyl (C=O) groups is 1. The van der Waals surface area contributed by atoms with Gasteiger partial charge in [-0.05, 0) is 30.5 Å². The third-order valence-corrected chi connectivity index (χ3v) is 6.43. The number of nitrogens with one attached hydrogen (secondary N) is 1. The van der Waals surface area contributed by atoms with Crippen molar-refractivity contribution in [2.45, 2.75) is 18.6 Å². The molecule has 3 aromatic heterocycles. The molecule has 6 nitrogen and oxygen atoms in total. The number of thiophene rings is 1. The lowest BCUT2D eigenvalue weighted by Crippen LogP contribution is -2.14. The van der Waals surface area contributed by atoms with E-state index in [0.717, 1.165) is 32.6 Å². The molecule has 1 amide bonds. The van der Waals surface area contributed by atoms with Gasteiger partial charge in [-0.3, -0.25) is 4.79 Å². The van der Waals surface area contributed by atoms with Gasteiger partial charge in [-0.15, -0.1) is 21.5 Å². The molecular weight excluding hydrogens is 386 g/mol. The van der Waals surface area contributed by atoms with E-state index in [1.807, 2.05) is 53.3 Å². The van der Waals surface area contributed by atoms with Crippen LogP contribution in [-0.4, -0.2) is 31.4 Å². The average Bonchev–Trinajstić information content (AvgIpc) is 3.37. The molecule has 0 aliphatic rings. The Morgan fingerprint density at radius 3 is 2.88 bits per heavy atom. The van der Waals surface area contributed by atoms with Crippen molar-refractivity contribution in [1.29, 1.82) is 0 Å². The van der Waals surface area contributed by atoms with E-state index < -0.39 is 0 Å². The summed E-state index contributed by atoms with van der Waals surface area (Å²) in [6.07, 6.45) is 0. The minimum Gasteiger partial charge on any atom is -0.302 e. The number of anilines is 1. The second-order valence-corrected chi connectivity index (χ2v) is 8.27. The van der Waals surface area contributed by atoms with Gasteiger partial charge < -0.3 is 9.88 Å². The van der Waals surface area contributed by atoms with Crippen LogP contribution in [0.1, 0.15) is 6.92 Å². The van der Waals surface area contributed by atoms with Crippen LogP contribution in [0.5, 0.6) is 0 Å². The summed E-state index contributed by atoms with van der Waals surface area (Å²) in [5.41, 5.74) is 0.895. The van der Waals surface area contributed by atoms with Gasteiger partial charge >= 0.3 is 0 Å². The van der Waals surface area contributed by atoms with Crippen LogP contribution in [0.4, 0.5) is 5.13 Å². The Morgan fingerprint density at radius 2 is 2.12 bits per heavy atom. The van der Waals surface area contributed by atoms with Crippen LogP contribution in [0, 0.1) is 0 Å². The number of thiazole rings is 1. The molecule has 0 saturated heterocycles. The number of amides is 1. The zero-order valence-corrected chi connectivity index (χ0v) is 16.3. The van der Waals surface area contributed by atoms with Crippen LogP contribution in [0.2, 0.25) is 0 Å². The Bertz CT molecular complexity index is 1000. The molecule has 0 aliphatic carbocycles. The standard InChI is InChI=1S/C17H15N5OS3/c1-2-22-15(13-8-5-9-24-13)20-21-17(22)25-10-14(23)19-16-18-11-6-3-4-7-12(11)26-16/h3-9H,2,10H2,1H3,(H,18,19,23). The van der Waals surface area contributed by atoms with E-state index in [4.69, 9.17) is 0 Å². The molecule has 0 fully saturated rings. The van der Waals surface area contributed by atoms with Crippen LogP contribution in [0.15, 0.2) is 46.9 Å². The minimum atomic E-state index is -0.0996.